The van der Waals surface area contributed by atoms with Crippen LogP contribution >= 0.6 is 24.0 Å². The summed E-state index contributed by atoms with van der Waals surface area (Å²) >= 11 is 0. The second kappa shape index (κ2) is 13.1. The number of aliphatic imine (C=N–C) groups is 1. The van der Waals surface area contributed by atoms with Crippen molar-refractivity contribution in [3.8, 4) is 11.5 Å². The number of ether oxygens (including phenoxy) is 2. The molecule has 0 fully saturated rings. The smallest absolute Gasteiger partial charge is 0.387 e. The van der Waals surface area contributed by atoms with Crippen LogP contribution in [0.25, 0.3) is 0 Å². The first kappa shape index (κ1) is 24.9. The van der Waals surface area contributed by atoms with Gasteiger partial charge in [-0.1, -0.05) is 18.2 Å². The number of halogens is 4. The van der Waals surface area contributed by atoms with Crippen molar-refractivity contribution in [2.45, 2.75) is 26.5 Å². The van der Waals surface area contributed by atoms with Crippen molar-refractivity contribution in [2.24, 2.45) is 4.99 Å². The van der Waals surface area contributed by atoms with E-state index < -0.39 is 6.61 Å². The second-order valence-corrected chi connectivity index (χ2v) is 5.83. The third-order valence-corrected chi connectivity index (χ3v) is 3.80. The molecule has 0 radical (unpaired) electrons. The summed E-state index contributed by atoms with van der Waals surface area (Å²) in [5.74, 6) is 0.570. The van der Waals surface area contributed by atoms with Crippen molar-refractivity contribution in [2.75, 3.05) is 20.2 Å². The minimum absolute atomic E-state index is 0. The van der Waals surface area contributed by atoms with Gasteiger partial charge in [-0.2, -0.15) is 8.78 Å². The Kier molecular flexibility index (Phi) is 11.3. The van der Waals surface area contributed by atoms with Crippen LogP contribution in [0.2, 0.25) is 0 Å². The molecule has 0 atom stereocenters. The molecule has 0 aromatic heterocycles. The average molecular weight is 523 g/mol. The lowest BCUT2D eigenvalue weighted by Crippen LogP contribution is -2.37. The van der Waals surface area contributed by atoms with Crippen LogP contribution in [0.15, 0.2) is 47.5 Å². The number of nitrogens with one attached hydrogen (secondary N) is 2. The van der Waals surface area contributed by atoms with Gasteiger partial charge in [0, 0.05) is 20.1 Å². The van der Waals surface area contributed by atoms with Crippen LogP contribution in [0.4, 0.5) is 13.2 Å². The maximum Gasteiger partial charge on any atom is 0.387 e. The molecule has 9 heteroatoms. The highest BCUT2D eigenvalue weighted by Crippen LogP contribution is 2.29. The van der Waals surface area contributed by atoms with Gasteiger partial charge in [-0.05, 0) is 48.7 Å². The van der Waals surface area contributed by atoms with Crippen molar-refractivity contribution < 1.29 is 22.6 Å². The van der Waals surface area contributed by atoms with E-state index in [0.29, 0.717) is 32.1 Å². The van der Waals surface area contributed by atoms with E-state index in [9.17, 15) is 13.2 Å². The van der Waals surface area contributed by atoms with Crippen molar-refractivity contribution in [1.82, 2.24) is 10.6 Å². The minimum atomic E-state index is -2.91. The highest BCUT2D eigenvalue weighted by atomic mass is 127. The standard InChI is InChI=1S/C20H24F3N3O2.HI/c1-3-27-18-12-15(7-8-17(18)28-19(22)23)13-26-20(24-2)25-10-9-14-5-4-6-16(21)11-14;/h4-8,11-12,19H,3,9-10,13H2,1-2H3,(H2,24,25,26);1H. The molecule has 29 heavy (non-hydrogen) atoms. The summed E-state index contributed by atoms with van der Waals surface area (Å²) in [4.78, 5) is 4.13. The highest BCUT2D eigenvalue weighted by molar-refractivity contribution is 14.0. The van der Waals surface area contributed by atoms with Gasteiger partial charge in [0.1, 0.15) is 5.82 Å². The Morgan fingerprint density at radius 2 is 1.86 bits per heavy atom. The lowest BCUT2D eigenvalue weighted by molar-refractivity contribution is -0.0514. The predicted octanol–water partition coefficient (Wildman–Crippen LogP) is 4.35. The molecule has 0 aliphatic carbocycles. The van der Waals surface area contributed by atoms with Crippen molar-refractivity contribution in [3.05, 3.63) is 59.4 Å². The van der Waals surface area contributed by atoms with Crippen LogP contribution in [0.1, 0.15) is 18.1 Å². The molecule has 0 aliphatic rings. The number of hydrogen-bond donors (Lipinski definition) is 2. The molecule has 0 heterocycles. The summed E-state index contributed by atoms with van der Waals surface area (Å²) in [6.45, 7) is 0.175. The number of benzene rings is 2. The van der Waals surface area contributed by atoms with Crippen LogP contribution in [-0.2, 0) is 13.0 Å². The number of alkyl halides is 2. The third-order valence-electron chi connectivity index (χ3n) is 3.80. The molecule has 0 bridgehead atoms. The summed E-state index contributed by atoms with van der Waals surface area (Å²) in [7, 11) is 1.64. The second-order valence-electron chi connectivity index (χ2n) is 5.83. The number of hydrogen-bond acceptors (Lipinski definition) is 3. The Morgan fingerprint density at radius 3 is 2.52 bits per heavy atom. The normalized spacial score (nSPS) is 11.0. The first-order chi connectivity index (χ1) is 13.5. The molecule has 5 nitrogen and oxygen atoms in total. The molecule has 2 aromatic rings. The van der Waals surface area contributed by atoms with Gasteiger partial charge in [0.05, 0.1) is 6.61 Å². The molecule has 0 saturated heterocycles. The van der Waals surface area contributed by atoms with Gasteiger partial charge in [-0.25, -0.2) is 4.39 Å². The van der Waals surface area contributed by atoms with Gasteiger partial charge < -0.3 is 20.1 Å². The molecule has 2 aromatic carbocycles. The van der Waals surface area contributed by atoms with Gasteiger partial charge >= 0.3 is 6.61 Å². The minimum Gasteiger partial charge on any atom is -0.490 e. The summed E-state index contributed by atoms with van der Waals surface area (Å²) in [6.07, 6.45) is 0.645. The molecular weight excluding hydrogens is 498 g/mol. The molecule has 2 N–H and O–H groups in total. The number of nitrogens with zero attached hydrogens (tertiary/aromatic N) is 1. The Morgan fingerprint density at radius 1 is 1.07 bits per heavy atom. The average Bonchev–Trinajstić information content (AvgIpc) is 2.66. The highest BCUT2D eigenvalue weighted by Gasteiger charge is 2.11. The van der Waals surface area contributed by atoms with Gasteiger partial charge in [0.15, 0.2) is 17.5 Å². The van der Waals surface area contributed by atoms with Gasteiger partial charge in [-0.15, -0.1) is 24.0 Å². The van der Waals surface area contributed by atoms with Crippen LogP contribution in [0.5, 0.6) is 11.5 Å². The van der Waals surface area contributed by atoms with Crippen molar-refractivity contribution in [3.63, 3.8) is 0 Å². The molecule has 0 unspecified atom stereocenters. The van der Waals surface area contributed by atoms with Gasteiger partial charge in [-0.3, -0.25) is 4.99 Å². The van der Waals surface area contributed by atoms with Crippen molar-refractivity contribution >= 4 is 29.9 Å². The lowest BCUT2D eigenvalue weighted by atomic mass is 10.1. The summed E-state index contributed by atoms with van der Waals surface area (Å²) in [6, 6.07) is 11.2. The zero-order valence-electron chi connectivity index (χ0n) is 16.3. The molecule has 160 valence electrons. The van der Waals surface area contributed by atoms with Crippen molar-refractivity contribution in [1.29, 1.82) is 0 Å². The van der Waals surface area contributed by atoms with E-state index in [-0.39, 0.29) is 41.3 Å². The first-order valence-corrected chi connectivity index (χ1v) is 8.91. The fourth-order valence-electron chi connectivity index (χ4n) is 2.55. The van der Waals surface area contributed by atoms with E-state index in [4.69, 9.17) is 4.74 Å². The fraction of sp³-hybridized carbons (Fsp3) is 0.350. The molecule has 0 saturated carbocycles. The monoisotopic (exact) mass is 523 g/mol. The summed E-state index contributed by atoms with van der Waals surface area (Å²) in [5.41, 5.74) is 1.71. The Hall–Kier alpha value is -2.17. The van der Waals surface area contributed by atoms with E-state index in [2.05, 4.69) is 20.4 Å². The summed E-state index contributed by atoms with van der Waals surface area (Å²) in [5, 5.41) is 6.28. The first-order valence-electron chi connectivity index (χ1n) is 8.91. The van der Waals surface area contributed by atoms with Crippen LogP contribution in [0, 0.1) is 5.82 Å². The molecule has 0 spiro atoms. The third kappa shape index (κ3) is 8.80. The van der Waals surface area contributed by atoms with Crippen LogP contribution in [-0.4, -0.2) is 32.8 Å². The molecule has 0 aliphatic heterocycles. The largest absolute Gasteiger partial charge is 0.490 e. The van der Waals surface area contributed by atoms with E-state index in [1.807, 2.05) is 6.07 Å². The predicted molar refractivity (Wildman–Crippen MR) is 118 cm³/mol. The fourth-order valence-corrected chi connectivity index (χ4v) is 2.55. The maximum absolute atomic E-state index is 13.2. The van der Waals surface area contributed by atoms with E-state index >= 15 is 0 Å². The molecular formula is C20H25F3IN3O2. The lowest BCUT2D eigenvalue weighted by Gasteiger charge is -2.15. The van der Waals surface area contributed by atoms with E-state index in [1.54, 1.807) is 32.2 Å². The van der Waals surface area contributed by atoms with Gasteiger partial charge in [0.2, 0.25) is 0 Å². The molecule has 2 rings (SSSR count). The Labute approximate surface area is 185 Å². The number of rotatable bonds is 9. The Balaban J connectivity index is 0.00000420. The zero-order chi connectivity index (χ0) is 20.4. The summed E-state index contributed by atoms with van der Waals surface area (Å²) < 4.78 is 48.0. The topological polar surface area (TPSA) is 54.9 Å². The SMILES string of the molecule is CCOc1cc(CNC(=NC)NCCc2cccc(F)c2)ccc1OC(F)F.I. The quantitative estimate of drug-likeness (QED) is 0.292. The Bertz CT molecular complexity index is 791. The zero-order valence-corrected chi connectivity index (χ0v) is 18.6. The van der Waals surface area contributed by atoms with Crippen LogP contribution in [0.3, 0.4) is 0 Å². The molecule has 0 amide bonds. The number of guanidine groups is 1. The maximum atomic E-state index is 13.2. The van der Waals surface area contributed by atoms with E-state index in [0.717, 1.165) is 11.1 Å². The van der Waals surface area contributed by atoms with Crippen LogP contribution < -0.4 is 20.1 Å². The van der Waals surface area contributed by atoms with E-state index in [1.165, 1.54) is 18.2 Å². The van der Waals surface area contributed by atoms with Gasteiger partial charge in [0.25, 0.3) is 0 Å².